The molecule has 6 nitrogen and oxygen atoms in total. The van der Waals surface area contributed by atoms with E-state index in [1.807, 2.05) is 39.1 Å². The third-order valence-electron chi connectivity index (χ3n) is 2.84. The minimum absolute atomic E-state index is 0.386. The Labute approximate surface area is 148 Å². The molecular weight excluding hydrogens is 328 g/mol. The average molecular weight is 353 g/mol. The first-order valence-corrected chi connectivity index (χ1v) is 7.91. The molecule has 2 rings (SSSR count). The van der Waals surface area contributed by atoms with Gasteiger partial charge in [0, 0.05) is 24.5 Å². The highest BCUT2D eigenvalue weighted by Crippen LogP contribution is 2.25. The Bertz CT molecular complexity index is 609. The smallest absolute Gasteiger partial charge is 0.221 e. The van der Waals surface area contributed by atoms with E-state index >= 15 is 0 Å². The lowest BCUT2D eigenvalue weighted by Crippen LogP contribution is -2.18. The van der Waals surface area contributed by atoms with Gasteiger partial charge in [0.1, 0.15) is 6.61 Å². The second-order valence-corrected chi connectivity index (χ2v) is 4.57. The predicted molar refractivity (Wildman–Crippen MR) is 99.0 cm³/mol. The van der Waals surface area contributed by atoms with E-state index in [1.54, 1.807) is 17.7 Å². The number of benzene rings is 1. The second kappa shape index (κ2) is 13.2. The molecule has 0 aliphatic heterocycles. The number of carbonyl (C=O) groups is 1. The fourth-order valence-corrected chi connectivity index (χ4v) is 1.93. The van der Waals surface area contributed by atoms with Crippen LogP contribution in [-0.2, 0) is 11.4 Å². The van der Waals surface area contributed by atoms with E-state index in [9.17, 15) is 0 Å². The fraction of sp³-hybridized carbons (Fsp3) is 0.294. The summed E-state index contributed by atoms with van der Waals surface area (Å²) < 4.78 is 5.71. The number of hydrogen-bond donors (Lipinski definition) is 3. The van der Waals surface area contributed by atoms with Crippen molar-refractivity contribution in [1.29, 1.82) is 0 Å². The number of pyridine rings is 1. The number of halogens is 1. The van der Waals surface area contributed by atoms with Crippen molar-refractivity contribution in [2.24, 2.45) is 5.84 Å². The third kappa shape index (κ3) is 7.30. The van der Waals surface area contributed by atoms with Gasteiger partial charge in [0.05, 0.1) is 0 Å². The van der Waals surface area contributed by atoms with Crippen LogP contribution in [0.4, 0.5) is 5.69 Å². The van der Waals surface area contributed by atoms with Crippen LogP contribution < -0.4 is 21.3 Å². The van der Waals surface area contributed by atoms with Gasteiger partial charge >= 0.3 is 0 Å². The minimum atomic E-state index is 0.386. The van der Waals surface area contributed by atoms with E-state index in [0.29, 0.717) is 23.9 Å². The van der Waals surface area contributed by atoms with Crippen molar-refractivity contribution >= 4 is 23.7 Å². The van der Waals surface area contributed by atoms with Crippen molar-refractivity contribution in [3.63, 3.8) is 0 Å². The number of nitrogens with one attached hydrogen (secondary N) is 2. The molecular formula is C17H25ClN4O2. The summed E-state index contributed by atoms with van der Waals surface area (Å²) >= 11 is 5.95. The number of rotatable bonds is 5. The van der Waals surface area contributed by atoms with Gasteiger partial charge in [0.15, 0.2) is 10.9 Å². The number of nitrogens with two attached hydrogens (primary N) is 1. The Hall–Kier alpha value is -2.31. The van der Waals surface area contributed by atoms with Gasteiger partial charge in [0.2, 0.25) is 6.41 Å². The van der Waals surface area contributed by atoms with Crippen molar-refractivity contribution in [3.05, 3.63) is 52.8 Å². The van der Waals surface area contributed by atoms with Crippen LogP contribution in [0.25, 0.3) is 0 Å². The van der Waals surface area contributed by atoms with Crippen LogP contribution in [0, 0.1) is 6.92 Å². The van der Waals surface area contributed by atoms with E-state index in [0.717, 1.165) is 11.3 Å². The molecule has 2 aromatic rings. The van der Waals surface area contributed by atoms with Crippen molar-refractivity contribution in [3.8, 4) is 5.75 Å². The van der Waals surface area contributed by atoms with Gasteiger partial charge in [-0.2, -0.15) is 0 Å². The van der Waals surface area contributed by atoms with Crippen molar-refractivity contribution in [2.45, 2.75) is 27.4 Å². The molecule has 7 heteroatoms. The molecule has 0 fully saturated rings. The molecule has 132 valence electrons. The summed E-state index contributed by atoms with van der Waals surface area (Å²) in [6, 6.07) is 9.72. The standard InChI is InChI=1S/C14H15ClN2O.C2H6.CH4N2O/c1-10-5-3-6-12(16-2)11(10)9-18-13-7-4-8-17-14(13)15;1-2;2-3-1-4/h3-8,16H,9H2,1-2H3;1-2H3;1H,2H2,(H,3,4). The lowest BCUT2D eigenvalue weighted by molar-refractivity contribution is -0.109. The van der Waals surface area contributed by atoms with E-state index in [4.69, 9.17) is 21.1 Å². The van der Waals surface area contributed by atoms with Crippen molar-refractivity contribution in [2.75, 3.05) is 12.4 Å². The highest BCUT2D eigenvalue weighted by atomic mass is 35.5. The van der Waals surface area contributed by atoms with E-state index in [-0.39, 0.29) is 0 Å². The van der Waals surface area contributed by atoms with Crippen LogP contribution in [0.3, 0.4) is 0 Å². The Kier molecular flexibility index (Phi) is 11.9. The number of hydrazine groups is 1. The topological polar surface area (TPSA) is 89.3 Å². The third-order valence-corrected chi connectivity index (χ3v) is 3.13. The molecule has 4 N–H and O–H groups in total. The molecule has 1 aromatic heterocycles. The SMILES string of the molecule is CC.CNc1cccc(C)c1COc1cccnc1Cl.NNC=O. The Morgan fingerprint density at radius 3 is 2.50 bits per heavy atom. The van der Waals surface area contributed by atoms with Gasteiger partial charge in [-0.05, 0) is 30.7 Å². The summed E-state index contributed by atoms with van der Waals surface area (Å²) in [5.41, 5.74) is 5.12. The van der Waals surface area contributed by atoms with Gasteiger partial charge in [0.25, 0.3) is 0 Å². The lowest BCUT2D eigenvalue weighted by atomic mass is 10.1. The van der Waals surface area contributed by atoms with E-state index < -0.39 is 0 Å². The number of ether oxygens (including phenoxy) is 1. The highest BCUT2D eigenvalue weighted by molar-refractivity contribution is 6.30. The molecule has 0 saturated heterocycles. The zero-order chi connectivity index (χ0) is 18.4. The van der Waals surface area contributed by atoms with Crippen LogP contribution in [0.2, 0.25) is 5.15 Å². The zero-order valence-electron chi connectivity index (χ0n) is 14.5. The molecule has 0 unspecified atom stereocenters. The molecule has 24 heavy (non-hydrogen) atoms. The first kappa shape index (κ1) is 21.7. The second-order valence-electron chi connectivity index (χ2n) is 4.22. The first-order chi connectivity index (χ1) is 11.6. The van der Waals surface area contributed by atoms with Crippen LogP contribution in [-0.4, -0.2) is 18.4 Å². The highest BCUT2D eigenvalue weighted by Gasteiger charge is 2.07. The maximum atomic E-state index is 8.94. The molecule has 1 aromatic carbocycles. The van der Waals surface area contributed by atoms with Gasteiger partial charge in [-0.3, -0.25) is 10.2 Å². The molecule has 0 atom stereocenters. The molecule has 0 aliphatic rings. The van der Waals surface area contributed by atoms with Gasteiger partial charge in [-0.1, -0.05) is 37.6 Å². The summed E-state index contributed by atoms with van der Waals surface area (Å²) in [5, 5.41) is 3.54. The summed E-state index contributed by atoms with van der Waals surface area (Å²) in [5.74, 6) is 5.01. The Balaban J connectivity index is 0.000000773. The predicted octanol–water partition coefficient (Wildman–Crippen LogP) is 3.30. The minimum Gasteiger partial charge on any atom is -0.486 e. The van der Waals surface area contributed by atoms with Gasteiger partial charge in [-0.25, -0.2) is 10.8 Å². The number of anilines is 1. The summed E-state index contributed by atoms with van der Waals surface area (Å²) in [4.78, 5) is 12.9. The van der Waals surface area contributed by atoms with Crippen LogP contribution in [0.15, 0.2) is 36.5 Å². The van der Waals surface area contributed by atoms with Crippen molar-refractivity contribution in [1.82, 2.24) is 10.4 Å². The lowest BCUT2D eigenvalue weighted by Gasteiger charge is -2.13. The van der Waals surface area contributed by atoms with E-state index in [1.165, 1.54) is 5.56 Å². The summed E-state index contributed by atoms with van der Waals surface area (Å²) in [6.07, 6.45) is 2.04. The van der Waals surface area contributed by atoms with Crippen LogP contribution in [0.5, 0.6) is 5.75 Å². The van der Waals surface area contributed by atoms with Gasteiger partial charge < -0.3 is 10.1 Å². The monoisotopic (exact) mass is 352 g/mol. The Morgan fingerprint density at radius 2 is 1.96 bits per heavy atom. The quantitative estimate of drug-likeness (QED) is 0.252. The normalized spacial score (nSPS) is 8.75. The Morgan fingerprint density at radius 1 is 1.29 bits per heavy atom. The number of amides is 1. The van der Waals surface area contributed by atoms with Crippen LogP contribution >= 0.6 is 11.6 Å². The zero-order valence-corrected chi connectivity index (χ0v) is 15.2. The summed E-state index contributed by atoms with van der Waals surface area (Å²) in [6.45, 7) is 6.53. The number of hydrogen-bond acceptors (Lipinski definition) is 5. The first-order valence-electron chi connectivity index (χ1n) is 7.53. The molecule has 1 heterocycles. The average Bonchev–Trinajstić information content (AvgIpc) is 2.63. The van der Waals surface area contributed by atoms with Crippen LogP contribution in [0.1, 0.15) is 25.0 Å². The molecule has 0 bridgehead atoms. The molecule has 0 radical (unpaired) electrons. The van der Waals surface area contributed by atoms with Crippen molar-refractivity contribution < 1.29 is 9.53 Å². The van der Waals surface area contributed by atoms with Gasteiger partial charge in [-0.15, -0.1) is 0 Å². The molecule has 0 spiro atoms. The number of nitrogens with zero attached hydrogens (tertiary/aromatic N) is 1. The number of carbonyl (C=O) groups excluding carboxylic acids is 1. The maximum absolute atomic E-state index is 8.94. The maximum Gasteiger partial charge on any atom is 0.221 e. The van der Waals surface area contributed by atoms with E-state index in [2.05, 4.69) is 29.1 Å². The largest absolute Gasteiger partial charge is 0.486 e. The number of aromatic nitrogens is 1. The number of aryl methyl sites for hydroxylation is 1. The molecule has 0 saturated carbocycles. The fourth-order valence-electron chi connectivity index (χ4n) is 1.76. The summed E-state index contributed by atoms with van der Waals surface area (Å²) in [7, 11) is 1.90. The molecule has 0 aliphatic carbocycles. The molecule has 1 amide bonds.